The maximum atomic E-state index is 12.5. The standard InChI is InChI=1S/C17H23N3O2S/c1-3-11-23(21,22)16-6-4-5-15-17(16)14(12-18-15)13-20-9-7-19(2)8-10-20/h3-6,12,18H,1,7-11,13H2,2H3. The molecule has 1 aliphatic rings. The smallest absolute Gasteiger partial charge is 0.182 e. The maximum absolute atomic E-state index is 12.5. The van der Waals surface area contributed by atoms with E-state index < -0.39 is 9.84 Å². The van der Waals surface area contributed by atoms with Crippen LogP contribution in [0.25, 0.3) is 10.9 Å². The Morgan fingerprint density at radius 1 is 1.26 bits per heavy atom. The Balaban J connectivity index is 1.97. The maximum Gasteiger partial charge on any atom is 0.182 e. The minimum Gasteiger partial charge on any atom is -0.361 e. The van der Waals surface area contributed by atoms with Crippen molar-refractivity contribution in [1.82, 2.24) is 14.8 Å². The Labute approximate surface area is 137 Å². The van der Waals surface area contributed by atoms with E-state index in [-0.39, 0.29) is 5.75 Å². The molecule has 0 saturated carbocycles. The summed E-state index contributed by atoms with van der Waals surface area (Å²) >= 11 is 0. The summed E-state index contributed by atoms with van der Waals surface area (Å²) in [6.45, 7) is 8.44. The number of aromatic nitrogens is 1. The molecule has 1 aromatic carbocycles. The second-order valence-corrected chi connectivity index (χ2v) is 8.14. The number of nitrogens with zero attached hydrogens (tertiary/aromatic N) is 2. The lowest BCUT2D eigenvalue weighted by Gasteiger charge is -2.32. The molecule has 1 fully saturated rings. The van der Waals surface area contributed by atoms with Gasteiger partial charge in [-0.3, -0.25) is 4.90 Å². The predicted molar refractivity (Wildman–Crippen MR) is 93.3 cm³/mol. The second kappa shape index (κ2) is 6.47. The van der Waals surface area contributed by atoms with Crippen LogP contribution < -0.4 is 0 Å². The first-order valence-corrected chi connectivity index (χ1v) is 9.50. The molecular weight excluding hydrogens is 310 g/mol. The molecule has 0 atom stereocenters. The van der Waals surface area contributed by atoms with Crippen molar-refractivity contribution in [3.63, 3.8) is 0 Å². The van der Waals surface area contributed by atoms with Gasteiger partial charge in [-0.1, -0.05) is 12.1 Å². The van der Waals surface area contributed by atoms with Gasteiger partial charge in [-0.25, -0.2) is 8.42 Å². The van der Waals surface area contributed by atoms with E-state index in [9.17, 15) is 8.42 Å². The van der Waals surface area contributed by atoms with Gasteiger partial charge in [0.2, 0.25) is 0 Å². The van der Waals surface area contributed by atoms with Crippen molar-refractivity contribution in [2.45, 2.75) is 11.4 Å². The number of hydrogen-bond donors (Lipinski definition) is 1. The molecular formula is C17H23N3O2S. The Kier molecular flexibility index (Phi) is 4.57. The number of fused-ring (bicyclic) bond motifs is 1. The highest BCUT2D eigenvalue weighted by atomic mass is 32.2. The summed E-state index contributed by atoms with van der Waals surface area (Å²) in [5.41, 5.74) is 1.92. The molecule has 0 aliphatic carbocycles. The average Bonchev–Trinajstić information content (AvgIpc) is 2.92. The van der Waals surface area contributed by atoms with E-state index in [1.54, 1.807) is 12.1 Å². The lowest BCUT2D eigenvalue weighted by Crippen LogP contribution is -2.43. The Morgan fingerprint density at radius 2 is 2.00 bits per heavy atom. The number of benzene rings is 1. The van der Waals surface area contributed by atoms with Gasteiger partial charge in [0.05, 0.1) is 10.6 Å². The van der Waals surface area contributed by atoms with Gasteiger partial charge in [-0.2, -0.15) is 0 Å². The van der Waals surface area contributed by atoms with Crippen LogP contribution >= 0.6 is 0 Å². The molecule has 23 heavy (non-hydrogen) atoms. The lowest BCUT2D eigenvalue weighted by molar-refractivity contribution is 0.148. The van der Waals surface area contributed by atoms with Gasteiger partial charge in [0.1, 0.15) is 0 Å². The monoisotopic (exact) mass is 333 g/mol. The fourth-order valence-corrected chi connectivity index (χ4v) is 4.42. The number of likely N-dealkylation sites (N-methyl/N-ethyl adjacent to an activating group) is 1. The summed E-state index contributed by atoms with van der Waals surface area (Å²) in [5, 5.41) is 0.827. The molecule has 124 valence electrons. The number of aromatic amines is 1. The van der Waals surface area contributed by atoms with Gasteiger partial charge in [0.25, 0.3) is 0 Å². The Hall–Kier alpha value is -1.63. The van der Waals surface area contributed by atoms with Crippen LogP contribution in [0.2, 0.25) is 0 Å². The fourth-order valence-electron chi connectivity index (χ4n) is 3.10. The van der Waals surface area contributed by atoms with Crippen LogP contribution in [0.1, 0.15) is 5.56 Å². The molecule has 0 amide bonds. The molecule has 1 saturated heterocycles. The molecule has 2 heterocycles. The molecule has 6 heteroatoms. The lowest BCUT2D eigenvalue weighted by atomic mass is 10.1. The van der Waals surface area contributed by atoms with Crippen LogP contribution in [0.5, 0.6) is 0 Å². The van der Waals surface area contributed by atoms with Crippen molar-refractivity contribution in [1.29, 1.82) is 0 Å². The first-order chi connectivity index (χ1) is 11.0. The van der Waals surface area contributed by atoms with Crippen LogP contribution in [-0.4, -0.2) is 62.2 Å². The van der Waals surface area contributed by atoms with E-state index in [0.717, 1.165) is 49.2 Å². The normalized spacial score (nSPS) is 17.6. The quantitative estimate of drug-likeness (QED) is 0.849. The minimum absolute atomic E-state index is 0.0365. The van der Waals surface area contributed by atoms with E-state index in [2.05, 4.69) is 28.4 Å². The van der Waals surface area contributed by atoms with E-state index in [4.69, 9.17) is 0 Å². The Bertz CT molecular complexity index is 802. The minimum atomic E-state index is -3.34. The zero-order chi connectivity index (χ0) is 16.4. The zero-order valence-electron chi connectivity index (χ0n) is 13.5. The molecule has 1 N–H and O–H groups in total. The molecule has 1 aromatic heterocycles. The number of sulfone groups is 1. The molecule has 0 bridgehead atoms. The molecule has 0 radical (unpaired) electrons. The summed E-state index contributed by atoms with van der Waals surface area (Å²) in [5.74, 6) is -0.0365. The number of piperazine rings is 1. The van der Waals surface area contributed by atoms with Crippen LogP contribution in [0.15, 0.2) is 41.9 Å². The predicted octanol–water partition coefficient (Wildman–Crippen LogP) is 1.88. The first kappa shape index (κ1) is 16.2. The van der Waals surface area contributed by atoms with Gasteiger partial charge >= 0.3 is 0 Å². The molecule has 2 aromatic rings. The van der Waals surface area contributed by atoms with Crippen LogP contribution in [-0.2, 0) is 16.4 Å². The van der Waals surface area contributed by atoms with Gasteiger partial charge in [0, 0.05) is 49.8 Å². The van der Waals surface area contributed by atoms with E-state index >= 15 is 0 Å². The molecule has 0 unspecified atom stereocenters. The summed E-state index contributed by atoms with van der Waals surface area (Å²) in [4.78, 5) is 8.30. The van der Waals surface area contributed by atoms with Crippen molar-refractivity contribution in [2.75, 3.05) is 39.0 Å². The largest absolute Gasteiger partial charge is 0.361 e. The van der Waals surface area contributed by atoms with Gasteiger partial charge < -0.3 is 9.88 Å². The zero-order valence-corrected chi connectivity index (χ0v) is 14.3. The third-order valence-corrected chi connectivity index (χ3v) is 6.10. The molecule has 0 spiro atoms. The third-order valence-electron chi connectivity index (χ3n) is 4.41. The number of hydrogen-bond acceptors (Lipinski definition) is 4. The molecule has 5 nitrogen and oxygen atoms in total. The Morgan fingerprint density at radius 3 is 2.70 bits per heavy atom. The van der Waals surface area contributed by atoms with E-state index in [1.807, 2.05) is 12.3 Å². The van der Waals surface area contributed by atoms with Crippen LogP contribution in [0.4, 0.5) is 0 Å². The molecule has 1 aliphatic heterocycles. The third kappa shape index (κ3) is 3.34. The topological polar surface area (TPSA) is 56.4 Å². The average molecular weight is 333 g/mol. The fraction of sp³-hybridized carbons (Fsp3) is 0.412. The highest BCUT2D eigenvalue weighted by Crippen LogP contribution is 2.28. The highest BCUT2D eigenvalue weighted by molar-refractivity contribution is 7.91. The van der Waals surface area contributed by atoms with Gasteiger partial charge in [-0.15, -0.1) is 6.58 Å². The van der Waals surface area contributed by atoms with Crippen molar-refractivity contribution >= 4 is 20.7 Å². The second-order valence-electron chi connectivity index (χ2n) is 6.14. The summed E-state index contributed by atoms with van der Waals surface area (Å²) in [7, 11) is -1.22. The van der Waals surface area contributed by atoms with Crippen molar-refractivity contribution < 1.29 is 8.42 Å². The van der Waals surface area contributed by atoms with Crippen LogP contribution in [0, 0.1) is 0 Å². The summed E-state index contributed by atoms with van der Waals surface area (Å²) in [6, 6.07) is 5.41. The molecule has 3 rings (SSSR count). The van der Waals surface area contributed by atoms with E-state index in [0.29, 0.717) is 4.90 Å². The van der Waals surface area contributed by atoms with Gasteiger partial charge in [-0.05, 0) is 24.7 Å². The van der Waals surface area contributed by atoms with Gasteiger partial charge in [0.15, 0.2) is 9.84 Å². The van der Waals surface area contributed by atoms with Crippen molar-refractivity contribution in [3.05, 3.63) is 42.6 Å². The van der Waals surface area contributed by atoms with E-state index in [1.165, 1.54) is 6.08 Å². The highest BCUT2D eigenvalue weighted by Gasteiger charge is 2.21. The number of nitrogens with one attached hydrogen (secondary N) is 1. The number of rotatable bonds is 5. The first-order valence-electron chi connectivity index (χ1n) is 7.85. The van der Waals surface area contributed by atoms with Crippen molar-refractivity contribution in [3.8, 4) is 0 Å². The SMILES string of the molecule is C=CCS(=O)(=O)c1cccc2[nH]cc(CN3CCN(C)CC3)c12. The van der Waals surface area contributed by atoms with Crippen LogP contribution in [0.3, 0.4) is 0 Å². The summed E-state index contributed by atoms with van der Waals surface area (Å²) in [6.07, 6.45) is 3.39. The summed E-state index contributed by atoms with van der Waals surface area (Å²) < 4.78 is 25.1. The van der Waals surface area contributed by atoms with Crippen molar-refractivity contribution in [2.24, 2.45) is 0 Å². The number of H-pyrrole nitrogens is 1.